The third kappa shape index (κ3) is 6.33. The minimum Gasteiger partial charge on any atom is -0.497 e. The lowest BCUT2D eigenvalue weighted by molar-refractivity contribution is -0.143. The van der Waals surface area contributed by atoms with Crippen molar-refractivity contribution in [2.45, 2.75) is 51.6 Å². The SMILES string of the molecule is COc1ccc2ncc(C)c(C(F)CCC3(C(=O)NO)CCN(CCCc4cc(F)cc(F)c4F)CC3)c2c1. The number of rotatable bonds is 10. The number of nitrogens with one attached hydrogen (secondary N) is 1. The van der Waals surface area contributed by atoms with Crippen LogP contribution in [-0.4, -0.2) is 47.7 Å². The fraction of sp³-hybridized carbons (Fsp3) is 0.448. The lowest BCUT2D eigenvalue weighted by atomic mass is 9.73. The molecule has 1 aliphatic rings. The second-order valence-electron chi connectivity index (χ2n) is 10.3. The van der Waals surface area contributed by atoms with Gasteiger partial charge in [0.1, 0.15) is 17.7 Å². The number of nitrogens with zero attached hydrogens (tertiary/aromatic N) is 2. The molecule has 1 unspecified atom stereocenters. The number of hydrogen-bond donors (Lipinski definition) is 2. The Kier molecular flexibility index (Phi) is 9.07. The molecule has 0 spiro atoms. The van der Waals surface area contributed by atoms with Crippen LogP contribution < -0.4 is 10.2 Å². The van der Waals surface area contributed by atoms with Crippen LogP contribution >= 0.6 is 0 Å². The van der Waals surface area contributed by atoms with Crippen molar-refractivity contribution in [1.29, 1.82) is 0 Å². The van der Waals surface area contributed by atoms with Gasteiger partial charge in [0.05, 0.1) is 18.0 Å². The van der Waals surface area contributed by atoms with Gasteiger partial charge in [-0.25, -0.2) is 23.0 Å². The van der Waals surface area contributed by atoms with Crippen molar-refractivity contribution >= 4 is 16.8 Å². The summed E-state index contributed by atoms with van der Waals surface area (Å²) < 4.78 is 61.9. The molecule has 1 aromatic heterocycles. The highest BCUT2D eigenvalue weighted by molar-refractivity contribution is 5.85. The Balaban J connectivity index is 1.40. The van der Waals surface area contributed by atoms with Crippen LogP contribution in [0.1, 0.15) is 55.0 Å². The Bertz CT molecular complexity index is 1330. The zero-order valence-corrected chi connectivity index (χ0v) is 22.1. The van der Waals surface area contributed by atoms with Crippen LogP contribution in [0.4, 0.5) is 17.6 Å². The summed E-state index contributed by atoms with van der Waals surface area (Å²) in [6, 6.07) is 6.83. The second-order valence-corrected chi connectivity index (χ2v) is 10.3. The minimum atomic E-state index is -1.36. The van der Waals surface area contributed by atoms with E-state index in [1.54, 1.807) is 43.9 Å². The molecule has 0 bridgehead atoms. The van der Waals surface area contributed by atoms with Crippen molar-refractivity contribution < 1.29 is 32.3 Å². The minimum absolute atomic E-state index is 0.0101. The Hall–Kier alpha value is -3.24. The van der Waals surface area contributed by atoms with Gasteiger partial charge in [-0.3, -0.25) is 15.0 Å². The first-order valence-electron chi connectivity index (χ1n) is 13.0. The molecule has 0 saturated carbocycles. The molecule has 6 nitrogen and oxygen atoms in total. The van der Waals surface area contributed by atoms with E-state index in [0.29, 0.717) is 72.7 Å². The number of fused-ring (bicyclic) bond motifs is 1. The van der Waals surface area contributed by atoms with Crippen molar-refractivity contribution in [3.8, 4) is 5.75 Å². The number of methoxy groups -OCH3 is 1. The van der Waals surface area contributed by atoms with Gasteiger partial charge in [-0.15, -0.1) is 0 Å². The van der Waals surface area contributed by atoms with Gasteiger partial charge in [-0.1, -0.05) is 0 Å². The number of carbonyl (C=O) groups excluding carboxylic acids is 1. The van der Waals surface area contributed by atoms with E-state index in [1.807, 2.05) is 0 Å². The number of pyridine rings is 1. The maximum absolute atomic E-state index is 15.8. The molecule has 1 aliphatic heterocycles. The number of alkyl halides is 1. The van der Waals surface area contributed by atoms with Gasteiger partial charge in [-0.2, -0.15) is 0 Å². The lowest BCUT2D eigenvalue weighted by Crippen LogP contribution is -2.48. The summed E-state index contributed by atoms with van der Waals surface area (Å²) in [5.41, 5.74) is 2.68. The molecule has 3 aromatic rings. The molecular weight excluding hydrogens is 514 g/mol. The highest BCUT2D eigenvalue weighted by atomic mass is 19.2. The zero-order valence-electron chi connectivity index (χ0n) is 22.1. The number of amides is 1. The Morgan fingerprint density at radius 2 is 1.95 bits per heavy atom. The molecule has 1 amide bonds. The smallest absolute Gasteiger partial charge is 0.249 e. The van der Waals surface area contributed by atoms with Crippen LogP contribution in [-0.2, 0) is 11.2 Å². The van der Waals surface area contributed by atoms with E-state index in [0.717, 1.165) is 6.07 Å². The van der Waals surface area contributed by atoms with E-state index < -0.39 is 34.9 Å². The fourth-order valence-electron chi connectivity index (χ4n) is 5.58. The molecule has 1 saturated heterocycles. The number of hydroxylamine groups is 1. The summed E-state index contributed by atoms with van der Waals surface area (Å²) in [7, 11) is 1.54. The molecule has 10 heteroatoms. The monoisotopic (exact) mass is 547 g/mol. The first-order chi connectivity index (χ1) is 18.7. The van der Waals surface area contributed by atoms with Crippen LogP contribution in [0.2, 0.25) is 0 Å². The standard InChI is InChI=1S/C29H33F4N3O3/c1-18-17-34-25-6-5-21(39-2)16-22(25)26(18)23(31)7-8-29(28(37)35-38)9-12-36(13-10-29)11-3-4-19-14-20(30)15-24(32)27(19)33/h5-6,14-17,23,38H,3-4,7-13H2,1-2H3,(H,35,37). The number of halogens is 4. The van der Waals surface area contributed by atoms with E-state index >= 15 is 4.39 Å². The molecule has 39 heavy (non-hydrogen) atoms. The third-order valence-corrected chi connectivity index (χ3v) is 7.89. The van der Waals surface area contributed by atoms with E-state index in [9.17, 15) is 23.2 Å². The maximum Gasteiger partial charge on any atom is 0.249 e. The molecule has 1 fully saturated rings. The average Bonchev–Trinajstić information content (AvgIpc) is 2.94. The summed E-state index contributed by atoms with van der Waals surface area (Å²) in [4.78, 5) is 19.2. The highest BCUT2D eigenvalue weighted by Crippen LogP contribution is 2.41. The quantitative estimate of drug-likeness (QED) is 0.141. The number of ether oxygens (including phenoxy) is 1. The van der Waals surface area contributed by atoms with Crippen molar-refractivity contribution in [3.63, 3.8) is 0 Å². The molecule has 0 radical (unpaired) electrons. The van der Waals surface area contributed by atoms with Gasteiger partial charge in [0.25, 0.3) is 0 Å². The molecule has 2 N–H and O–H groups in total. The molecule has 2 aromatic carbocycles. The summed E-state index contributed by atoms with van der Waals surface area (Å²) in [6.45, 7) is 3.37. The predicted molar refractivity (Wildman–Crippen MR) is 139 cm³/mol. The van der Waals surface area contributed by atoms with Gasteiger partial charge < -0.3 is 9.64 Å². The predicted octanol–water partition coefficient (Wildman–Crippen LogP) is 5.98. The van der Waals surface area contributed by atoms with Gasteiger partial charge >= 0.3 is 0 Å². The van der Waals surface area contributed by atoms with Crippen LogP contribution in [0, 0.1) is 29.8 Å². The van der Waals surface area contributed by atoms with Gasteiger partial charge in [0.15, 0.2) is 11.6 Å². The molecular formula is C29H33F4N3O3. The number of aryl methyl sites for hydroxylation is 2. The van der Waals surface area contributed by atoms with Gasteiger partial charge in [-0.05, 0) is 106 Å². The number of aromatic nitrogens is 1. The van der Waals surface area contributed by atoms with Crippen molar-refractivity contribution in [2.75, 3.05) is 26.7 Å². The molecule has 4 rings (SSSR count). The Labute approximate surface area is 224 Å². The first-order valence-corrected chi connectivity index (χ1v) is 13.0. The van der Waals surface area contributed by atoms with Crippen LogP contribution in [0.3, 0.4) is 0 Å². The summed E-state index contributed by atoms with van der Waals surface area (Å²) in [5.74, 6) is -3.00. The zero-order chi connectivity index (χ0) is 28.2. The normalized spacial score (nSPS) is 16.3. The van der Waals surface area contributed by atoms with E-state index in [4.69, 9.17) is 4.74 Å². The van der Waals surface area contributed by atoms with Crippen molar-refractivity contribution in [3.05, 3.63) is 70.7 Å². The van der Waals surface area contributed by atoms with Crippen LogP contribution in [0.25, 0.3) is 10.9 Å². The maximum atomic E-state index is 15.8. The van der Waals surface area contributed by atoms with Crippen LogP contribution in [0.5, 0.6) is 5.75 Å². The van der Waals surface area contributed by atoms with Crippen LogP contribution in [0.15, 0.2) is 36.5 Å². The summed E-state index contributed by atoms with van der Waals surface area (Å²) in [5, 5.41) is 10.1. The van der Waals surface area contributed by atoms with E-state index in [1.165, 1.54) is 0 Å². The fourth-order valence-corrected chi connectivity index (χ4v) is 5.58. The van der Waals surface area contributed by atoms with Crippen molar-refractivity contribution in [2.24, 2.45) is 5.41 Å². The Morgan fingerprint density at radius 1 is 1.21 bits per heavy atom. The molecule has 210 valence electrons. The van der Waals surface area contributed by atoms with Crippen molar-refractivity contribution in [1.82, 2.24) is 15.4 Å². The Morgan fingerprint density at radius 3 is 2.64 bits per heavy atom. The number of hydrogen-bond acceptors (Lipinski definition) is 5. The average molecular weight is 548 g/mol. The molecule has 2 heterocycles. The number of carbonyl (C=O) groups is 1. The van der Waals surface area contributed by atoms with Gasteiger partial charge in [0, 0.05) is 17.6 Å². The summed E-state index contributed by atoms with van der Waals surface area (Å²) in [6.07, 6.45) is 2.04. The topological polar surface area (TPSA) is 74.7 Å². The highest BCUT2D eigenvalue weighted by Gasteiger charge is 2.41. The van der Waals surface area contributed by atoms with Gasteiger partial charge in [0.2, 0.25) is 5.91 Å². The molecule has 1 atom stereocenters. The largest absolute Gasteiger partial charge is 0.497 e. The number of piperidine rings is 1. The van der Waals surface area contributed by atoms with E-state index in [2.05, 4.69) is 9.88 Å². The third-order valence-electron chi connectivity index (χ3n) is 7.89. The number of likely N-dealkylation sites (tertiary alicyclic amines) is 1. The molecule has 0 aliphatic carbocycles. The second kappa shape index (κ2) is 12.3. The number of benzene rings is 2. The lowest BCUT2D eigenvalue weighted by Gasteiger charge is -2.40. The van der Waals surface area contributed by atoms with E-state index in [-0.39, 0.29) is 24.8 Å². The summed E-state index contributed by atoms with van der Waals surface area (Å²) >= 11 is 0. The first kappa shape index (κ1) is 28.8.